The summed E-state index contributed by atoms with van der Waals surface area (Å²) in [5.41, 5.74) is 0. The molecule has 1 aliphatic rings. The smallest absolute Gasteiger partial charge is 0.298 e. The number of hydrogen-bond donors (Lipinski definition) is 0. The molecule has 10 heteroatoms. The molecule has 1 fully saturated rings. The molecule has 168 valence electrons. The summed E-state index contributed by atoms with van der Waals surface area (Å²) in [5.74, 6) is 0.204. The van der Waals surface area contributed by atoms with Crippen molar-refractivity contribution < 1.29 is 27.6 Å². The second-order valence-corrected chi connectivity index (χ2v) is 7.79. The molecule has 1 aliphatic heterocycles. The van der Waals surface area contributed by atoms with E-state index in [4.69, 9.17) is 0 Å². The van der Waals surface area contributed by atoms with E-state index in [0.29, 0.717) is 26.2 Å². The second kappa shape index (κ2) is 13.0. The van der Waals surface area contributed by atoms with Crippen molar-refractivity contribution in [2.75, 3.05) is 72.0 Å². The van der Waals surface area contributed by atoms with Crippen molar-refractivity contribution in [3.8, 4) is 0 Å². The average Bonchev–Trinajstić information content (AvgIpc) is 2.59. The van der Waals surface area contributed by atoms with Crippen molar-refractivity contribution in [1.82, 2.24) is 19.6 Å². The van der Waals surface area contributed by atoms with Gasteiger partial charge < -0.3 is 0 Å². The highest BCUT2D eigenvalue weighted by molar-refractivity contribution is 5.71. The Morgan fingerprint density at radius 3 is 1.52 bits per heavy atom. The molecule has 1 unspecified atom stereocenters. The third-order valence-corrected chi connectivity index (χ3v) is 5.30. The largest absolute Gasteiger partial charge is 0.315 e. The SMILES string of the molecule is CCN1CCN(CC(=O)F)CCN(CC(=O)F)CCN(CC(=O)F)CC1C(C)C. The van der Waals surface area contributed by atoms with E-state index in [9.17, 15) is 27.6 Å². The highest BCUT2D eigenvalue weighted by atomic mass is 19.1. The van der Waals surface area contributed by atoms with Gasteiger partial charge in [0.2, 0.25) is 0 Å². The molecule has 1 rings (SSSR count). The molecule has 7 nitrogen and oxygen atoms in total. The molecule has 0 saturated carbocycles. The third kappa shape index (κ3) is 10.3. The molecule has 0 aliphatic carbocycles. The number of carbonyl (C=O) groups excluding carboxylic acids is 3. The van der Waals surface area contributed by atoms with Crippen molar-refractivity contribution in [2.45, 2.75) is 26.8 Å². The van der Waals surface area contributed by atoms with Crippen LogP contribution in [0.1, 0.15) is 20.8 Å². The van der Waals surface area contributed by atoms with Gasteiger partial charge in [-0.15, -0.1) is 0 Å². The van der Waals surface area contributed by atoms with Crippen LogP contribution in [0.2, 0.25) is 0 Å². The summed E-state index contributed by atoms with van der Waals surface area (Å²) in [5, 5.41) is 0. The highest BCUT2D eigenvalue weighted by Gasteiger charge is 2.27. The normalized spacial score (nSPS) is 22.2. The van der Waals surface area contributed by atoms with E-state index in [1.165, 1.54) is 4.90 Å². The van der Waals surface area contributed by atoms with Crippen LogP contribution in [0.25, 0.3) is 0 Å². The van der Waals surface area contributed by atoms with E-state index in [1.54, 1.807) is 9.80 Å². The maximum absolute atomic E-state index is 13.1. The molecule has 0 amide bonds. The van der Waals surface area contributed by atoms with Crippen LogP contribution >= 0.6 is 0 Å². The Morgan fingerprint density at radius 2 is 1.14 bits per heavy atom. The molecule has 29 heavy (non-hydrogen) atoms. The minimum Gasteiger partial charge on any atom is -0.298 e. The maximum atomic E-state index is 13.1. The first-order chi connectivity index (χ1) is 13.6. The summed E-state index contributed by atoms with van der Waals surface area (Å²) >= 11 is 0. The Hall–Kier alpha value is -1.36. The topological polar surface area (TPSA) is 64.2 Å². The molecule has 0 radical (unpaired) electrons. The van der Waals surface area contributed by atoms with Crippen LogP contribution in [0.4, 0.5) is 13.2 Å². The summed E-state index contributed by atoms with van der Waals surface area (Å²) in [6, 6.07) is -4.38. The van der Waals surface area contributed by atoms with Crippen LogP contribution in [-0.4, -0.2) is 116 Å². The van der Waals surface area contributed by atoms with Gasteiger partial charge in [0.05, 0.1) is 19.6 Å². The van der Waals surface area contributed by atoms with Gasteiger partial charge in [0, 0.05) is 51.9 Å². The third-order valence-electron chi connectivity index (χ3n) is 5.30. The summed E-state index contributed by atoms with van der Waals surface area (Å²) in [6.07, 6.45) is 0. The first-order valence-electron chi connectivity index (χ1n) is 10.1. The minimum absolute atomic E-state index is 0.0120. The highest BCUT2D eigenvalue weighted by Crippen LogP contribution is 2.14. The fourth-order valence-corrected chi connectivity index (χ4v) is 3.71. The Balaban J connectivity index is 3.07. The Labute approximate surface area is 170 Å². The number of halogens is 3. The van der Waals surface area contributed by atoms with Crippen LogP contribution < -0.4 is 0 Å². The Bertz CT molecular complexity index is 551. The lowest BCUT2D eigenvalue weighted by molar-refractivity contribution is -0.133. The van der Waals surface area contributed by atoms with Gasteiger partial charge >= 0.3 is 18.1 Å². The Kier molecular flexibility index (Phi) is 11.6. The van der Waals surface area contributed by atoms with Crippen LogP contribution in [-0.2, 0) is 14.4 Å². The molecule has 0 aromatic rings. The molecule has 1 atom stereocenters. The van der Waals surface area contributed by atoms with Gasteiger partial charge in [0.1, 0.15) is 0 Å². The molecular formula is C19H33F3N4O3. The molecule has 0 aromatic carbocycles. The van der Waals surface area contributed by atoms with Crippen molar-refractivity contribution in [3.05, 3.63) is 0 Å². The van der Waals surface area contributed by atoms with Gasteiger partial charge in [0.25, 0.3) is 0 Å². The van der Waals surface area contributed by atoms with Crippen LogP contribution in [0, 0.1) is 5.92 Å². The molecule has 1 heterocycles. The summed E-state index contributed by atoms with van der Waals surface area (Å²) in [4.78, 5) is 40.1. The molecule has 0 N–H and O–H groups in total. The minimum atomic E-state index is -1.50. The van der Waals surface area contributed by atoms with Crippen molar-refractivity contribution in [3.63, 3.8) is 0 Å². The van der Waals surface area contributed by atoms with Gasteiger partial charge in [-0.3, -0.25) is 34.0 Å². The quantitative estimate of drug-likeness (QED) is 0.535. The van der Waals surface area contributed by atoms with E-state index in [-0.39, 0.29) is 51.2 Å². The molecular weight excluding hydrogens is 389 g/mol. The van der Waals surface area contributed by atoms with Crippen molar-refractivity contribution in [2.24, 2.45) is 5.92 Å². The number of rotatable bonds is 8. The predicted octanol–water partition coefficient (Wildman–Crippen LogP) is 0.741. The van der Waals surface area contributed by atoms with Crippen LogP contribution in [0.3, 0.4) is 0 Å². The van der Waals surface area contributed by atoms with E-state index in [1.807, 2.05) is 20.8 Å². The van der Waals surface area contributed by atoms with Crippen molar-refractivity contribution >= 4 is 18.1 Å². The molecule has 1 saturated heterocycles. The predicted molar refractivity (Wildman–Crippen MR) is 104 cm³/mol. The van der Waals surface area contributed by atoms with Gasteiger partial charge in [0.15, 0.2) is 0 Å². The maximum Gasteiger partial charge on any atom is 0.315 e. The van der Waals surface area contributed by atoms with Gasteiger partial charge in [-0.05, 0) is 12.5 Å². The van der Waals surface area contributed by atoms with Crippen LogP contribution in [0.5, 0.6) is 0 Å². The van der Waals surface area contributed by atoms with E-state index >= 15 is 0 Å². The number of carbonyl (C=O) groups is 3. The summed E-state index contributed by atoms with van der Waals surface area (Å²) in [6.45, 7) is 8.09. The molecule has 0 spiro atoms. The van der Waals surface area contributed by atoms with E-state index < -0.39 is 24.7 Å². The zero-order valence-corrected chi connectivity index (χ0v) is 17.6. The van der Waals surface area contributed by atoms with Crippen LogP contribution in [0.15, 0.2) is 0 Å². The van der Waals surface area contributed by atoms with Gasteiger partial charge in [-0.2, -0.15) is 13.2 Å². The first kappa shape index (κ1) is 25.7. The van der Waals surface area contributed by atoms with E-state index in [0.717, 1.165) is 0 Å². The lowest BCUT2D eigenvalue weighted by Gasteiger charge is -2.39. The molecule has 0 bridgehead atoms. The number of nitrogens with zero attached hydrogens (tertiary/aromatic N) is 4. The number of likely N-dealkylation sites (N-methyl/N-ethyl adjacent to an activating group) is 1. The van der Waals surface area contributed by atoms with E-state index in [2.05, 4.69) is 4.90 Å². The number of hydrogen-bond acceptors (Lipinski definition) is 7. The first-order valence-corrected chi connectivity index (χ1v) is 10.1. The fourth-order valence-electron chi connectivity index (χ4n) is 3.71. The van der Waals surface area contributed by atoms with Gasteiger partial charge in [-0.1, -0.05) is 20.8 Å². The monoisotopic (exact) mass is 422 g/mol. The van der Waals surface area contributed by atoms with Crippen molar-refractivity contribution in [1.29, 1.82) is 0 Å². The standard InChI is InChI=1S/C19H33F3N4O3/c1-4-26-10-9-24(13-18(21)28)6-5-23(12-17(20)27)7-8-25(14-19(22)29)11-16(26)15(2)3/h15-16H,4-14H2,1-3H3. The second-order valence-electron chi connectivity index (χ2n) is 7.79. The lowest BCUT2D eigenvalue weighted by Crippen LogP contribution is -2.53. The lowest BCUT2D eigenvalue weighted by atomic mass is 10.0. The van der Waals surface area contributed by atoms with Gasteiger partial charge in [-0.25, -0.2) is 0 Å². The summed E-state index contributed by atoms with van der Waals surface area (Å²) in [7, 11) is 0. The summed E-state index contributed by atoms with van der Waals surface area (Å²) < 4.78 is 39.1. The zero-order chi connectivity index (χ0) is 22.0. The average molecular weight is 422 g/mol. The fraction of sp³-hybridized carbons (Fsp3) is 0.842. The molecule has 0 aromatic heterocycles. The Morgan fingerprint density at radius 1 is 0.759 bits per heavy atom. The zero-order valence-electron chi connectivity index (χ0n) is 17.6.